The van der Waals surface area contributed by atoms with Gasteiger partial charge in [0.2, 0.25) is 5.91 Å². The Morgan fingerprint density at radius 3 is 2.86 bits per heavy atom. The second kappa shape index (κ2) is 5.79. The van der Waals surface area contributed by atoms with Gasteiger partial charge >= 0.3 is 5.97 Å². The number of fused-ring (bicyclic) bond motifs is 1. The van der Waals surface area contributed by atoms with Crippen molar-refractivity contribution >= 4 is 22.9 Å². The van der Waals surface area contributed by atoms with Crippen LogP contribution in [0.4, 0.5) is 0 Å². The summed E-state index contributed by atoms with van der Waals surface area (Å²) in [7, 11) is 0. The molecule has 6 nitrogen and oxygen atoms in total. The molecule has 0 bridgehead atoms. The van der Waals surface area contributed by atoms with Gasteiger partial charge in [-0.25, -0.2) is 4.98 Å². The molecule has 0 radical (unpaired) electrons. The van der Waals surface area contributed by atoms with Gasteiger partial charge < -0.3 is 14.6 Å². The molecule has 1 N–H and O–H groups in total. The van der Waals surface area contributed by atoms with Crippen LogP contribution >= 0.6 is 0 Å². The minimum atomic E-state index is -0.764. The second-order valence-electron chi connectivity index (χ2n) is 5.91. The number of piperidine rings is 1. The number of rotatable bonds is 3. The van der Waals surface area contributed by atoms with Crippen molar-refractivity contribution in [3.63, 3.8) is 0 Å². The zero-order valence-electron chi connectivity index (χ0n) is 12.5. The summed E-state index contributed by atoms with van der Waals surface area (Å²) in [5.74, 6) is -1.12. The summed E-state index contributed by atoms with van der Waals surface area (Å²) < 4.78 is 1.84. The lowest BCUT2D eigenvalue weighted by Gasteiger charge is -2.35. The van der Waals surface area contributed by atoms with Crippen molar-refractivity contribution in [2.24, 2.45) is 11.8 Å². The van der Waals surface area contributed by atoms with E-state index in [1.807, 2.05) is 35.8 Å². The summed E-state index contributed by atoms with van der Waals surface area (Å²) in [6, 6.07) is 7.69. The van der Waals surface area contributed by atoms with Gasteiger partial charge in [0.25, 0.3) is 0 Å². The van der Waals surface area contributed by atoms with Crippen LogP contribution in [0.3, 0.4) is 0 Å². The third kappa shape index (κ3) is 2.68. The molecule has 0 aliphatic carbocycles. The Balaban J connectivity index is 1.69. The first-order valence-electron chi connectivity index (χ1n) is 7.46. The minimum absolute atomic E-state index is 0.0128. The first-order valence-corrected chi connectivity index (χ1v) is 7.46. The Labute approximate surface area is 128 Å². The van der Waals surface area contributed by atoms with E-state index in [4.69, 9.17) is 5.11 Å². The average molecular weight is 301 g/mol. The molecular formula is C16H19N3O3. The van der Waals surface area contributed by atoms with Crippen molar-refractivity contribution in [2.45, 2.75) is 19.9 Å². The van der Waals surface area contributed by atoms with E-state index < -0.39 is 5.97 Å². The van der Waals surface area contributed by atoms with Crippen molar-refractivity contribution < 1.29 is 14.7 Å². The smallest absolute Gasteiger partial charge is 0.306 e. The van der Waals surface area contributed by atoms with E-state index in [0.717, 1.165) is 11.0 Å². The Hall–Kier alpha value is -2.37. The largest absolute Gasteiger partial charge is 0.481 e. The fourth-order valence-corrected chi connectivity index (χ4v) is 3.12. The molecule has 2 atom stereocenters. The van der Waals surface area contributed by atoms with Crippen LogP contribution in [0.1, 0.15) is 13.3 Å². The number of carboxylic acid groups (broad SMARTS) is 1. The number of hydrogen-bond acceptors (Lipinski definition) is 3. The lowest BCUT2D eigenvalue weighted by atomic mass is 9.87. The zero-order chi connectivity index (χ0) is 15.7. The summed E-state index contributed by atoms with van der Waals surface area (Å²) in [5, 5.41) is 9.14. The molecular weight excluding hydrogens is 282 g/mol. The van der Waals surface area contributed by atoms with Gasteiger partial charge in [0.15, 0.2) is 0 Å². The number of carbonyl (C=O) groups is 2. The number of carbonyl (C=O) groups excluding carboxylic acids is 1. The van der Waals surface area contributed by atoms with Crippen LogP contribution in [0, 0.1) is 11.8 Å². The number of likely N-dealkylation sites (tertiary alicyclic amines) is 1. The molecule has 1 aromatic carbocycles. The highest BCUT2D eigenvalue weighted by Gasteiger charge is 2.32. The molecule has 1 aliphatic rings. The number of carboxylic acids is 1. The second-order valence-corrected chi connectivity index (χ2v) is 5.91. The van der Waals surface area contributed by atoms with Crippen LogP contribution in [-0.2, 0) is 16.1 Å². The number of amides is 1. The monoisotopic (exact) mass is 301 g/mol. The highest BCUT2D eigenvalue weighted by atomic mass is 16.4. The van der Waals surface area contributed by atoms with Gasteiger partial charge in [0.1, 0.15) is 6.54 Å². The van der Waals surface area contributed by atoms with Crippen LogP contribution < -0.4 is 0 Å². The Bertz CT molecular complexity index is 709. The van der Waals surface area contributed by atoms with Crippen molar-refractivity contribution in [1.82, 2.24) is 14.5 Å². The molecule has 1 amide bonds. The highest BCUT2D eigenvalue weighted by molar-refractivity contribution is 5.81. The number of aromatic nitrogens is 2. The molecule has 3 rings (SSSR count). The average Bonchev–Trinajstić information content (AvgIpc) is 2.90. The number of aliphatic carboxylic acids is 1. The van der Waals surface area contributed by atoms with E-state index in [-0.39, 0.29) is 24.3 Å². The molecule has 6 heteroatoms. The third-order valence-electron chi connectivity index (χ3n) is 4.41. The topological polar surface area (TPSA) is 75.4 Å². The van der Waals surface area contributed by atoms with Crippen LogP contribution in [0.15, 0.2) is 30.6 Å². The first-order chi connectivity index (χ1) is 10.6. The fraction of sp³-hybridized carbons (Fsp3) is 0.438. The van der Waals surface area contributed by atoms with Crippen LogP contribution in [0.25, 0.3) is 11.0 Å². The molecule has 1 saturated heterocycles. The maximum absolute atomic E-state index is 12.5. The number of benzene rings is 1. The molecule has 0 spiro atoms. The number of nitrogens with zero attached hydrogens (tertiary/aromatic N) is 3. The van der Waals surface area contributed by atoms with Crippen LogP contribution in [0.2, 0.25) is 0 Å². The van der Waals surface area contributed by atoms with Gasteiger partial charge in [-0.05, 0) is 24.5 Å². The van der Waals surface area contributed by atoms with E-state index in [2.05, 4.69) is 4.98 Å². The van der Waals surface area contributed by atoms with Crippen molar-refractivity contribution in [1.29, 1.82) is 0 Å². The Morgan fingerprint density at radius 2 is 2.14 bits per heavy atom. The van der Waals surface area contributed by atoms with Gasteiger partial charge in [-0.2, -0.15) is 0 Å². The number of hydrogen-bond donors (Lipinski definition) is 1. The molecule has 2 heterocycles. The lowest BCUT2D eigenvalue weighted by Crippen LogP contribution is -2.46. The van der Waals surface area contributed by atoms with E-state index in [1.54, 1.807) is 11.2 Å². The first kappa shape index (κ1) is 14.6. The van der Waals surface area contributed by atoms with Gasteiger partial charge in [-0.15, -0.1) is 0 Å². The molecule has 1 aliphatic heterocycles. The highest BCUT2D eigenvalue weighted by Crippen LogP contribution is 2.24. The van der Waals surface area contributed by atoms with E-state index in [0.29, 0.717) is 19.5 Å². The predicted molar refractivity (Wildman–Crippen MR) is 81.2 cm³/mol. The van der Waals surface area contributed by atoms with Gasteiger partial charge in [-0.3, -0.25) is 9.59 Å². The normalized spacial score (nSPS) is 22.0. The maximum atomic E-state index is 12.5. The number of para-hydroxylation sites is 2. The minimum Gasteiger partial charge on any atom is -0.481 e. The van der Waals surface area contributed by atoms with Crippen LogP contribution in [-0.4, -0.2) is 44.5 Å². The van der Waals surface area contributed by atoms with Gasteiger partial charge in [0.05, 0.1) is 23.3 Å². The van der Waals surface area contributed by atoms with Crippen molar-refractivity contribution in [3.8, 4) is 0 Å². The standard InChI is InChI=1S/C16H19N3O3/c1-11-8-18(7-6-12(11)16(21)22)15(20)9-19-10-17-13-4-2-3-5-14(13)19/h2-5,10-12H,6-9H2,1H3,(H,21,22). The quantitative estimate of drug-likeness (QED) is 0.934. The van der Waals surface area contributed by atoms with E-state index in [9.17, 15) is 9.59 Å². The van der Waals surface area contributed by atoms with E-state index in [1.165, 1.54) is 0 Å². The summed E-state index contributed by atoms with van der Waals surface area (Å²) in [6.07, 6.45) is 2.20. The van der Waals surface area contributed by atoms with Crippen molar-refractivity contribution in [3.05, 3.63) is 30.6 Å². The van der Waals surface area contributed by atoms with Crippen molar-refractivity contribution in [2.75, 3.05) is 13.1 Å². The van der Waals surface area contributed by atoms with Crippen LogP contribution in [0.5, 0.6) is 0 Å². The number of imidazole rings is 1. The SMILES string of the molecule is CC1CN(C(=O)Cn2cnc3ccccc32)CCC1C(=O)O. The molecule has 1 fully saturated rings. The molecule has 1 aromatic heterocycles. The summed E-state index contributed by atoms with van der Waals surface area (Å²) in [5.41, 5.74) is 1.80. The van der Waals surface area contributed by atoms with Gasteiger partial charge in [0, 0.05) is 13.1 Å². The summed E-state index contributed by atoms with van der Waals surface area (Å²) in [4.78, 5) is 29.6. The molecule has 22 heavy (non-hydrogen) atoms. The van der Waals surface area contributed by atoms with Gasteiger partial charge in [-0.1, -0.05) is 19.1 Å². The zero-order valence-corrected chi connectivity index (χ0v) is 12.5. The molecule has 116 valence electrons. The van der Waals surface area contributed by atoms with E-state index >= 15 is 0 Å². The Kier molecular flexibility index (Phi) is 3.83. The lowest BCUT2D eigenvalue weighted by molar-refractivity contribution is -0.148. The fourth-order valence-electron chi connectivity index (χ4n) is 3.12. The molecule has 2 unspecified atom stereocenters. The molecule has 2 aromatic rings. The Morgan fingerprint density at radius 1 is 1.36 bits per heavy atom. The molecule has 0 saturated carbocycles. The summed E-state index contributed by atoms with van der Waals surface area (Å²) >= 11 is 0. The maximum Gasteiger partial charge on any atom is 0.306 e. The third-order valence-corrected chi connectivity index (χ3v) is 4.41. The predicted octanol–water partition coefficient (Wildman–Crippen LogP) is 1.61. The summed E-state index contributed by atoms with van der Waals surface area (Å²) in [6.45, 7) is 3.14.